The number of hydrogen-bond donors (Lipinski definition) is 0. The van der Waals surface area contributed by atoms with Crippen molar-refractivity contribution in [1.29, 1.82) is 0 Å². The van der Waals surface area contributed by atoms with Gasteiger partial charge in [0.15, 0.2) is 23.6 Å². The van der Waals surface area contributed by atoms with Gasteiger partial charge in [-0.25, -0.2) is 9.97 Å². The molecule has 0 fully saturated rings. The van der Waals surface area contributed by atoms with Gasteiger partial charge >= 0.3 is 0 Å². The molecule has 0 spiro atoms. The number of fused-ring (bicyclic) bond motifs is 1. The molecule has 3 rings (SSSR count). The molecule has 5 heteroatoms. The van der Waals surface area contributed by atoms with Crippen molar-refractivity contribution in [2.45, 2.75) is 6.92 Å². The van der Waals surface area contributed by atoms with Crippen molar-refractivity contribution in [3.63, 3.8) is 0 Å². The van der Waals surface area contributed by atoms with E-state index in [1.165, 1.54) is 6.20 Å². The summed E-state index contributed by atoms with van der Waals surface area (Å²) in [7, 11) is 0. The van der Waals surface area contributed by atoms with E-state index in [0.717, 1.165) is 17.6 Å². The van der Waals surface area contributed by atoms with Crippen molar-refractivity contribution < 1.29 is 14.3 Å². The highest BCUT2D eigenvalue weighted by molar-refractivity contribution is 5.76. The van der Waals surface area contributed by atoms with Crippen molar-refractivity contribution in [2.75, 3.05) is 6.79 Å². The van der Waals surface area contributed by atoms with Crippen LogP contribution in [0.15, 0.2) is 24.4 Å². The van der Waals surface area contributed by atoms with E-state index >= 15 is 0 Å². The third kappa shape index (κ3) is 1.69. The van der Waals surface area contributed by atoms with E-state index in [1.54, 1.807) is 6.92 Å². The molecule has 0 N–H and O–H groups in total. The van der Waals surface area contributed by atoms with Gasteiger partial charge in [-0.1, -0.05) is 0 Å². The fourth-order valence-electron chi connectivity index (χ4n) is 1.77. The Bertz CT molecular complexity index is 626. The van der Waals surface area contributed by atoms with Crippen LogP contribution in [0.2, 0.25) is 0 Å². The number of rotatable bonds is 2. The molecule has 1 aromatic heterocycles. The van der Waals surface area contributed by atoms with Gasteiger partial charge in [0.1, 0.15) is 0 Å². The van der Waals surface area contributed by atoms with Gasteiger partial charge in [-0.05, 0) is 25.1 Å². The summed E-state index contributed by atoms with van der Waals surface area (Å²) in [6.07, 6.45) is 2.27. The molecule has 0 radical (unpaired) electrons. The molecule has 18 heavy (non-hydrogen) atoms. The molecule has 2 aromatic rings. The van der Waals surface area contributed by atoms with Gasteiger partial charge in [0.2, 0.25) is 6.79 Å². The molecule has 1 aromatic carbocycles. The molecule has 1 aliphatic heterocycles. The van der Waals surface area contributed by atoms with Crippen LogP contribution in [0.4, 0.5) is 0 Å². The van der Waals surface area contributed by atoms with Crippen molar-refractivity contribution in [3.05, 3.63) is 35.7 Å². The maximum atomic E-state index is 10.7. The summed E-state index contributed by atoms with van der Waals surface area (Å²) in [5.74, 6) is 1.98. The van der Waals surface area contributed by atoms with Gasteiger partial charge in [0, 0.05) is 11.8 Å². The molecule has 5 nitrogen and oxygen atoms in total. The second-order valence-corrected chi connectivity index (χ2v) is 3.92. The van der Waals surface area contributed by atoms with Crippen LogP contribution in [0.3, 0.4) is 0 Å². The fourth-order valence-corrected chi connectivity index (χ4v) is 1.77. The maximum absolute atomic E-state index is 10.7. The number of ether oxygens (including phenoxy) is 2. The van der Waals surface area contributed by atoms with Crippen molar-refractivity contribution in [3.8, 4) is 22.9 Å². The Morgan fingerprint density at radius 2 is 2.11 bits per heavy atom. The topological polar surface area (TPSA) is 61.3 Å². The molecule has 0 amide bonds. The van der Waals surface area contributed by atoms with Crippen LogP contribution in [-0.2, 0) is 0 Å². The third-order valence-corrected chi connectivity index (χ3v) is 2.78. The lowest BCUT2D eigenvalue weighted by Crippen LogP contribution is -1.96. The van der Waals surface area contributed by atoms with E-state index in [2.05, 4.69) is 9.97 Å². The van der Waals surface area contributed by atoms with Gasteiger partial charge in [0.25, 0.3) is 0 Å². The van der Waals surface area contributed by atoms with E-state index in [4.69, 9.17) is 9.47 Å². The van der Waals surface area contributed by atoms with Crippen LogP contribution >= 0.6 is 0 Å². The van der Waals surface area contributed by atoms with Crippen LogP contribution < -0.4 is 9.47 Å². The van der Waals surface area contributed by atoms with Gasteiger partial charge in [-0.15, -0.1) is 0 Å². The quantitative estimate of drug-likeness (QED) is 0.754. The predicted octanol–water partition coefficient (Wildman–Crippen LogP) is 1.99. The highest BCUT2D eigenvalue weighted by Gasteiger charge is 2.15. The summed E-state index contributed by atoms with van der Waals surface area (Å²) < 4.78 is 10.5. The lowest BCUT2D eigenvalue weighted by atomic mass is 10.1. The molecule has 0 aliphatic carbocycles. The Kier molecular flexibility index (Phi) is 2.44. The van der Waals surface area contributed by atoms with Crippen molar-refractivity contribution in [1.82, 2.24) is 9.97 Å². The van der Waals surface area contributed by atoms with Crippen LogP contribution in [-0.4, -0.2) is 23.0 Å². The Morgan fingerprint density at radius 1 is 1.28 bits per heavy atom. The van der Waals surface area contributed by atoms with Gasteiger partial charge in [-0.3, -0.25) is 4.79 Å². The minimum absolute atomic E-state index is 0.239. The standard InChI is InChI=1S/C13H10N2O3/c1-8-10(6-16)5-14-13(15-8)9-2-3-11-12(4-9)18-7-17-11/h2-6H,7H2,1H3. The normalized spacial score (nSPS) is 12.5. The number of hydrogen-bond acceptors (Lipinski definition) is 5. The van der Waals surface area contributed by atoms with Gasteiger partial charge < -0.3 is 9.47 Å². The zero-order chi connectivity index (χ0) is 12.5. The van der Waals surface area contributed by atoms with Crippen molar-refractivity contribution in [2.24, 2.45) is 0 Å². The molecule has 0 saturated heterocycles. The van der Waals surface area contributed by atoms with Crippen LogP contribution in [0.25, 0.3) is 11.4 Å². The number of aldehydes is 1. The molecule has 90 valence electrons. The predicted molar refractivity (Wildman–Crippen MR) is 63.7 cm³/mol. The highest BCUT2D eigenvalue weighted by Crippen LogP contribution is 2.34. The Morgan fingerprint density at radius 3 is 2.89 bits per heavy atom. The average Bonchev–Trinajstić information content (AvgIpc) is 2.85. The lowest BCUT2D eigenvalue weighted by Gasteiger charge is -2.04. The molecule has 2 heterocycles. The number of aromatic nitrogens is 2. The molecule has 0 unspecified atom stereocenters. The summed E-state index contributed by atoms with van der Waals surface area (Å²) >= 11 is 0. The van der Waals surface area contributed by atoms with E-state index in [1.807, 2.05) is 18.2 Å². The number of carbonyl (C=O) groups excluding carboxylic acids is 1. The summed E-state index contributed by atoms with van der Waals surface area (Å²) in [5, 5.41) is 0. The molecule has 0 atom stereocenters. The number of nitrogens with zero attached hydrogens (tertiary/aromatic N) is 2. The van der Waals surface area contributed by atoms with Crippen LogP contribution in [0.1, 0.15) is 16.1 Å². The number of carbonyl (C=O) groups is 1. The molecule has 1 aliphatic rings. The summed E-state index contributed by atoms with van der Waals surface area (Å²) in [6.45, 7) is 2.02. The first kappa shape index (κ1) is 10.7. The summed E-state index contributed by atoms with van der Waals surface area (Å²) in [5.41, 5.74) is 1.99. The molecular formula is C13H10N2O3. The Hall–Kier alpha value is -2.43. The fraction of sp³-hybridized carbons (Fsp3) is 0.154. The molecule has 0 saturated carbocycles. The van der Waals surface area contributed by atoms with Crippen molar-refractivity contribution >= 4 is 6.29 Å². The van der Waals surface area contributed by atoms with Gasteiger partial charge in [-0.2, -0.15) is 0 Å². The average molecular weight is 242 g/mol. The van der Waals surface area contributed by atoms with E-state index in [-0.39, 0.29) is 6.79 Å². The SMILES string of the molecule is Cc1nc(-c2ccc3c(c2)OCO3)ncc1C=O. The van der Waals surface area contributed by atoms with E-state index in [9.17, 15) is 4.79 Å². The van der Waals surface area contributed by atoms with Crippen LogP contribution in [0, 0.1) is 6.92 Å². The smallest absolute Gasteiger partial charge is 0.231 e. The monoisotopic (exact) mass is 242 g/mol. The second kappa shape index (κ2) is 4.10. The first-order valence-electron chi connectivity index (χ1n) is 5.47. The maximum Gasteiger partial charge on any atom is 0.231 e. The second-order valence-electron chi connectivity index (χ2n) is 3.92. The summed E-state index contributed by atoms with van der Waals surface area (Å²) in [4.78, 5) is 19.2. The highest BCUT2D eigenvalue weighted by atomic mass is 16.7. The zero-order valence-electron chi connectivity index (χ0n) is 9.71. The Balaban J connectivity index is 2.04. The zero-order valence-corrected chi connectivity index (χ0v) is 9.71. The molecule has 0 bridgehead atoms. The first-order chi connectivity index (χ1) is 8.78. The lowest BCUT2D eigenvalue weighted by molar-refractivity contribution is 0.112. The third-order valence-electron chi connectivity index (χ3n) is 2.78. The first-order valence-corrected chi connectivity index (χ1v) is 5.47. The molecular weight excluding hydrogens is 232 g/mol. The summed E-state index contributed by atoms with van der Waals surface area (Å²) in [6, 6.07) is 5.52. The van der Waals surface area contributed by atoms with E-state index < -0.39 is 0 Å². The number of aryl methyl sites for hydroxylation is 1. The van der Waals surface area contributed by atoms with Gasteiger partial charge in [0.05, 0.1) is 11.3 Å². The number of benzene rings is 1. The van der Waals surface area contributed by atoms with Crippen LogP contribution in [0.5, 0.6) is 11.5 Å². The minimum Gasteiger partial charge on any atom is -0.454 e. The minimum atomic E-state index is 0.239. The van der Waals surface area contributed by atoms with E-state index in [0.29, 0.717) is 22.8 Å². The largest absolute Gasteiger partial charge is 0.454 e. The Labute approximate surface area is 103 Å².